The molecule has 1 amide bonds. The second-order valence-corrected chi connectivity index (χ2v) is 7.13. The van der Waals surface area contributed by atoms with Crippen LogP contribution < -0.4 is 9.47 Å². The highest BCUT2D eigenvalue weighted by Gasteiger charge is 2.16. The Morgan fingerprint density at radius 3 is 2.50 bits per heavy atom. The van der Waals surface area contributed by atoms with Crippen molar-refractivity contribution in [2.75, 3.05) is 32.9 Å². The highest BCUT2D eigenvalue weighted by atomic mass is 16.5. The minimum absolute atomic E-state index is 0.117. The molecule has 1 aliphatic rings. The zero-order chi connectivity index (χ0) is 21.2. The quantitative estimate of drug-likeness (QED) is 0.579. The van der Waals surface area contributed by atoms with Crippen LogP contribution in [0.1, 0.15) is 29.5 Å². The molecular weight excluding hydrogens is 386 g/mol. The first-order chi connectivity index (χ1) is 14.7. The zero-order valence-corrected chi connectivity index (χ0v) is 17.1. The van der Waals surface area contributed by atoms with Crippen LogP contribution in [0.15, 0.2) is 42.5 Å². The molecule has 30 heavy (non-hydrogen) atoms. The first-order valence-electron chi connectivity index (χ1n) is 10.2. The second kappa shape index (κ2) is 11.5. The van der Waals surface area contributed by atoms with Crippen molar-refractivity contribution >= 4 is 5.91 Å². The predicted molar refractivity (Wildman–Crippen MR) is 111 cm³/mol. The third-order valence-electron chi connectivity index (χ3n) is 4.99. The lowest BCUT2D eigenvalue weighted by atomic mass is 10.1. The van der Waals surface area contributed by atoms with Gasteiger partial charge in [-0.05, 0) is 47.4 Å². The van der Waals surface area contributed by atoms with Gasteiger partial charge in [0, 0.05) is 19.5 Å². The van der Waals surface area contributed by atoms with Crippen LogP contribution in [0.5, 0.6) is 11.5 Å². The van der Waals surface area contributed by atoms with Crippen LogP contribution in [0.2, 0.25) is 0 Å². The number of hydrogen-bond acceptors (Lipinski definition) is 6. The summed E-state index contributed by atoms with van der Waals surface area (Å²) in [6.07, 6.45) is 1.14. The summed E-state index contributed by atoms with van der Waals surface area (Å²) in [5, 5.41) is 18.7. The van der Waals surface area contributed by atoms with Gasteiger partial charge < -0.3 is 29.3 Å². The molecule has 7 nitrogen and oxygen atoms in total. The number of ether oxygens (including phenoxy) is 3. The average molecular weight is 415 g/mol. The van der Waals surface area contributed by atoms with Crippen molar-refractivity contribution in [3.63, 3.8) is 0 Å². The van der Waals surface area contributed by atoms with E-state index in [1.165, 1.54) is 0 Å². The van der Waals surface area contributed by atoms with E-state index in [4.69, 9.17) is 14.2 Å². The number of carbonyl (C=O) groups excluding carboxylic acids is 1. The Hall–Kier alpha value is -2.61. The topological polar surface area (TPSA) is 88.5 Å². The molecule has 3 rings (SSSR count). The number of aliphatic hydroxyl groups excluding tert-OH is 2. The molecule has 2 aromatic rings. The van der Waals surface area contributed by atoms with Gasteiger partial charge in [0.1, 0.15) is 18.1 Å². The van der Waals surface area contributed by atoms with Crippen LogP contribution in [0.3, 0.4) is 0 Å². The van der Waals surface area contributed by atoms with Crippen molar-refractivity contribution in [3.8, 4) is 11.5 Å². The molecule has 0 aliphatic carbocycles. The SMILES string of the molecule is O=C(CCCOc1cccc(COc2ccc(CO)c(CO)c2)c1)N1CCOCC1. The van der Waals surface area contributed by atoms with Gasteiger partial charge in [-0.3, -0.25) is 4.79 Å². The third-order valence-corrected chi connectivity index (χ3v) is 4.99. The molecular formula is C23H29NO6. The molecule has 1 fully saturated rings. The summed E-state index contributed by atoms with van der Waals surface area (Å²) in [7, 11) is 0. The molecule has 7 heteroatoms. The maximum absolute atomic E-state index is 12.1. The standard InChI is InChI=1S/C23H29NO6/c25-15-19-6-7-22(14-20(19)16-26)30-17-18-3-1-4-21(13-18)29-10-2-5-23(27)24-8-11-28-12-9-24/h1,3-4,6-7,13-14,25-26H,2,5,8-12,15-17H2. The number of morpholine rings is 1. The Labute approximate surface area is 176 Å². The van der Waals surface area contributed by atoms with Crippen LogP contribution in [-0.2, 0) is 29.4 Å². The number of carbonyl (C=O) groups is 1. The fourth-order valence-corrected chi connectivity index (χ4v) is 3.27. The van der Waals surface area contributed by atoms with E-state index in [0.29, 0.717) is 69.2 Å². The van der Waals surface area contributed by atoms with Gasteiger partial charge >= 0.3 is 0 Å². The molecule has 1 aliphatic heterocycles. The summed E-state index contributed by atoms with van der Waals surface area (Å²) in [4.78, 5) is 14.0. The lowest BCUT2D eigenvalue weighted by Gasteiger charge is -2.26. The number of nitrogens with zero attached hydrogens (tertiary/aromatic N) is 1. The molecule has 2 N–H and O–H groups in total. The summed E-state index contributed by atoms with van der Waals surface area (Å²) >= 11 is 0. The summed E-state index contributed by atoms with van der Waals surface area (Å²) in [5.74, 6) is 1.52. The molecule has 0 bridgehead atoms. The third kappa shape index (κ3) is 6.45. The van der Waals surface area contributed by atoms with Gasteiger partial charge in [0.15, 0.2) is 0 Å². The fraction of sp³-hybridized carbons (Fsp3) is 0.435. The van der Waals surface area contributed by atoms with E-state index in [2.05, 4.69) is 0 Å². The number of benzene rings is 2. The molecule has 0 unspecified atom stereocenters. The number of aliphatic hydroxyl groups is 2. The Morgan fingerprint density at radius 2 is 1.73 bits per heavy atom. The van der Waals surface area contributed by atoms with Gasteiger partial charge in [-0.25, -0.2) is 0 Å². The van der Waals surface area contributed by atoms with E-state index in [1.807, 2.05) is 29.2 Å². The highest BCUT2D eigenvalue weighted by Crippen LogP contribution is 2.21. The molecule has 0 atom stereocenters. The van der Waals surface area contributed by atoms with Crippen LogP contribution in [-0.4, -0.2) is 53.9 Å². The first kappa shape index (κ1) is 22.1. The van der Waals surface area contributed by atoms with E-state index in [-0.39, 0.29) is 19.1 Å². The van der Waals surface area contributed by atoms with E-state index < -0.39 is 0 Å². The Kier molecular flexibility index (Phi) is 8.50. The van der Waals surface area contributed by atoms with E-state index in [1.54, 1.807) is 18.2 Å². The fourth-order valence-electron chi connectivity index (χ4n) is 3.27. The maximum atomic E-state index is 12.1. The molecule has 0 radical (unpaired) electrons. The lowest BCUT2D eigenvalue weighted by molar-refractivity contribution is -0.135. The van der Waals surface area contributed by atoms with E-state index in [0.717, 1.165) is 11.3 Å². The molecule has 0 spiro atoms. The van der Waals surface area contributed by atoms with Crippen molar-refractivity contribution < 1.29 is 29.2 Å². The summed E-state index contributed by atoms with van der Waals surface area (Å²) < 4.78 is 16.9. The Morgan fingerprint density at radius 1 is 0.967 bits per heavy atom. The summed E-state index contributed by atoms with van der Waals surface area (Å²) in [6.45, 7) is 3.14. The summed E-state index contributed by atoms with van der Waals surface area (Å²) in [5.41, 5.74) is 2.29. The predicted octanol–water partition coefficient (Wildman–Crippen LogP) is 2.27. The van der Waals surface area contributed by atoms with Gasteiger partial charge in [-0.1, -0.05) is 18.2 Å². The Bertz CT molecular complexity index is 819. The normalized spacial score (nSPS) is 13.9. The van der Waals surface area contributed by atoms with Crippen molar-refractivity contribution in [1.29, 1.82) is 0 Å². The molecule has 0 saturated carbocycles. The van der Waals surface area contributed by atoms with Crippen molar-refractivity contribution in [3.05, 3.63) is 59.2 Å². The van der Waals surface area contributed by atoms with Crippen LogP contribution >= 0.6 is 0 Å². The van der Waals surface area contributed by atoms with Crippen LogP contribution in [0.25, 0.3) is 0 Å². The smallest absolute Gasteiger partial charge is 0.222 e. The van der Waals surface area contributed by atoms with E-state index in [9.17, 15) is 15.0 Å². The van der Waals surface area contributed by atoms with Gasteiger partial charge in [-0.15, -0.1) is 0 Å². The van der Waals surface area contributed by atoms with Crippen molar-refractivity contribution in [1.82, 2.24) is 4.90 Å². The zero-order valence-electron chi connectivity index (χ0n) is 17.1. The van der Waals surface area contributed by atoms with Crippen molar-refractivity contribution in [2.24, 2.45) is 0 Å². The second-order valence-electron chi connectivity index (χ2n) is 7.13. The van der Waals surface area contributed by atoms with Gasteiger partial charge in [-0.2, -0.15) is 0 Å². The van der Waals surface area contributed by atoms with E-state index >= 15 is 0 Å². The number of hydrogen-bond donors (Lipinski definition) is 2. The molecule has 1 saturated heterocycles. The highest BCUT2D eigenvalue weighted by molar-refractivity contribution is 5.76. The molecule has 2 aromatic carbocycles. The average Bonchev–Trinajstić information content (AvgIpc) is 2.81. The number of amides is 1. The minimum atomic E-state index is -0.148. The molecule has 162 valence electrons. The lowest BCUT2D eigenvalue weighted by Crippen LogP contribution is -2.40. The maximum Gasteiger partial charge on any atom is 0.222 e. The van der Waals surface area contributed by atoms with Gasteiger partial charge in [0.05, 0.1) is 33.0 Å². The molecule has 1 heterocycles. The number of rotatable bonds is 10. The van der Waals surface area contributed by atoms with Gasteiger partial charge in [0.25, 0.3) is 0 Å². The molecule has 0 aromatic heterocycles. The largest absolute Gasteiger partial charge is 0.494 e. The van der Waals surface area contributed by atoms with Crippen molar-refractivity contribution in [2.45, 2.75) is 32.7 Å². The van der Waals surface area contributed by atoms with Crippen LogP contribution in [0.4, 0.5) is 0 Å². The minimum Gasteiger partial charge on any atom is -0.494 e. The monoisotopic (exact) mass is 415 g/mol. The van der Waals surface area contributed by atoms with Crippen LogP contribution in [0, 0.1) is 0 Å². The Balaban J connectivity index is 1.43. The van der Waals surface area contributed by atoms with Gasteiger partial charge in [0.2, 0.25) is 5.91 Å². The first-order valence-corrected chi connectivity index (χ1v) is 10.2. The summed E-state index contributed by atoms with van der Waals surface area (Å²) in [6, 6.07) is 12.9.